The van der Waals surface area contributed by atoms with E-state index in [0.29, 0.717) is 13.0 Å². The Morgan fingerprint density at radius 1 is 1.00 bits per heavy atom. The third-order valence-electron chi connectivity index (χ3n) is 6.07. The fourth-order valence-corrected chi connectivity index (χ4v) is 4.56. The highest BCUT2D eigenvalue weighted by atomic mass is 19.1. The molecule has 1 atom stereocenters. The molecule has 1 spiro atoms. The van der Waals surface area contributed by atoms with Gasteiger partial charge in [0, 0.05) is 44.0 Å². The molecule has 27 heavy (non-hydrogen) atoms. The second kappa shape index (κ2) is 7.77. The molecule has 2 saturated heterocycles. The predicted octanol–water partition coefficient (Wildman–Crippen LogP) is 3.77. The number of hydrogen-bond donors (Lipinski definition) is 0. The summed E-state index contributed by atoms with van der Waals surface area (Å²) in [5.41, 5.74) is 2.19. The maximum Gasteiger partial charge on any atom is 0.223 e. The summed E-state index contributed by atoms with van der Waals surface area (Å²) < 4.78 is 13.2. The number of carbonyl (C=O) groups is 1. The van der Waals surface area contributed by atoms with Gasteiger partial charge in [0.05, 0.1) is 0 Å². The van der Waals surface area contributed by atoms with Crippen molar-refractivity contribution in [2.45, 2.75) is 50.7 Å². The number of nitrogens with zero attached hydrogens (tertiary/aromatic N) is 3. The average Bonchev–Trinajstić information content (AvgIpc) is 2.85. The quantitative estimate of drug-likeness (QED) is 0.825. The van der Waals surface area contributed by atoms with Crippen LogP contribution in [-0.4, -0.2) is 39.3 Å². The molecule has 3 heterocycles. The minimum absolute atomic E-state index is 0.0465. The summed E-state index contributed by atoms with van der Waals surface area (Å²) in [5, 5.41) is 0. The van der Waals surface area contributed by atoms with Gasteiger partial charge in [-0.25, -0.2) is 4.39 Å². The Morgan fingerprint density at radius 2 is 1.85 bits per heavy atom. The van der Waals surface area contributed by atoms with Crippen LogP contribution in [0.25, 0.3) is 0 Å². The molecule has 2 fully saturated rings. The van der Waals surface area contributed by atoms with E-state index in [1.54, 1.807) is 18.3 Å². The zero-order chi connectivity index (χ0) is 18.7. The van der Waals surface area contributed by atoms with E-state index in [0.717, 1.165) is 50.9 Å². The maximum absolute atomic E-state index is 13.2. The zero-order valence-corrected chi connectivity index (χ0v) is 15.6. The van der Waals surface area contributed by atoms with E-state index in [1.807, 2.05) is 12.3 Å². The number of likely N-dealkylation sites (tertiary alicyclic amines) is 2. The van der Waals surface area contributed by atoms with Gasteiger partial charge in [-0.2, -0.15) is 0 Å². The standard InChI is InChI=1S/C22H26FN3O/c23-20-6-4-18(5-7-20)17-26-21(27)8-10-22(26)9-2-13-25(14-11-22)16-19-3-1-12-24-15-19/h1,3-7,12,15H,2,8-11,13-14,16-17H2/t22-/m1/s1. The Hall–Kier alpha value is -2.27. The molecule has 2 aliphatic heterocycles. The first kappa shape index (κ1) is 18.1. The lowest BCUT2D eigenvalue weighted by molar-refractivity contribution is -0.132. The number of hydrogen-bond acceptors (Lipinski definition) is 3. The smallest absolute Gasteiger partial charge is 0.223 e. The summed E-state index contributed by atoms with van der Waals surface area (Å²) >= 11 is 0. The lowest BCUT2D eigenvalue weighted by atomic mass is 9.87. The number of carbonyl (C=O) groups excluding carboxylic acids is 1. The third-order valence-corrected chi connectivity index (χ3v) is 6.07. The monoisotopic (exact) mass is 367 g/mol. The maximum atomic E-state index is 13.2. The van der Waals surface area contributed by atoms with Crippen LogP contribution in [0, 0.1) is 5.82 Å². The highest BCUT2D eigenvalue weighted by Crippen LogP contribution is 2.40. The molecule has 2 aromatic rings. The zero-order valence-electron chi connectivity index (χ0n) is 15.6. The van der Waals surface area contributed by atoms with E-state index in [1.165, 1.54) is 17.7 Å². The van der Waals surface area contributed by atoms with Gasteiger partial charge in [0.2, 0.25) is 5.91 Å². The predicted molar refractivity (Wildman–Crippen MR) is 102 cm³/mol. The highest BCUT2D eigenvalue weighted by molar-refractivity contribution is 5.79. The van der Waals surface area contributed by atoms with Crippen molar-refractivity contribution in [1.29, 1.82) is 0 Å². The van der Waals surface area contributed by atoms with Crippen molar-refractivity contribution in [2.24, 2.45) is 0 Å². The summed E-state index contributed by atoms with van der Waals surface area (Å²) in [6.07, 6.45) is 8.44. The number of aromatic nitrogens is 1. The molecule has 1 amide bonds. The molecule has 142 valence electrons. The fourth-order valence-electron chi connectivity index (χ4n) is 4.56. The Bertz CT molecular complexity index is 780. The van der Waals surface area contributed by atoms with Gasteiger partial charge in [0.1, 0.15) is 5.82 Å². The largest absolute Gasteiger partial charge is 0.333 e. The summed E-state index contributed by atoms with van der Waals surface area (Å²) in [7, 11) is 0. The van der Waals surface area contributed by atoms with Crippen LogP contribution in [0.5, 0.6) is 0 Å². The van der Waals surface area contributed by atoms with Gasteiger partial charge in [-0.15, -0.1) is 0 Å². The Kier molecular flexibility index (Phi) is 5.21. The molecule has 5 heteroatoms. The van der Waals surface area contributed by atoms with Gasteiger partial charge in [0.25, 0.3) is 0 Å². The molecular formula is C22H26FN3O. The first-order valence-corrected chi connectivity index (χ1v) is 9.81. The summed E-state index contributed by atoms with van der Waals surface area (Å²) in [6.45, 7) is 3.54. The summed E-state index contributed by atoms with van der Waals surface area (Å²) in [5.74, 6) is 0.00163. The van der Waals surface area contributed by atoms with Gasteiger partial charge in [-0.3, -0.25) is 14.7 Å². The normalized spacial score (nSPS) is 23.7. The van der Waals surface area contributed by atoms with Crippen LogP contribution in [0.4, 0.5) is 4.39 Å². The second-order valence-corrected chi connectivity index (χ2v) is 7.82. The van der Waals surface area contributed by atoms with E-state index in [2.05, 4.69) is 20.9 Å². The van der Waals surface area contributed by atoms with Crippen LogP contribution in [-0.2, 0) is 17.9 Å². The van der Waals surface area contributed by atoms with E-state index in [-0.39, 0.29) is 17.3 Å². The molecule has 0 saturated carbocycles. The molecule has 0 radical (unpaired) electrons. The highest BCUT2D eigenvalue weighted by Gasteiger charge is 2.45. The lowest BCUT2D eigenvalue weighted by Crippen LogP contribution is -2.45. The van der Waals surface area contributed by atoms with Gasteiger partial charge in [0.15, 0.2) is 0 Å². The SMILES string of the molecule is O=C1CC[C@@]2(CCCN(Cc3cccnc3)CC2)N1Cc1ccc(F)cc1. The Balaban J connectivity index is 1.46. The minimum atomic E-state index is -0.235. The van der Waals surface area contributed by atoms with Crippen LogP contribution < -0.4 is 0 Å². The molecule has 4 rings (SSSR count). The van der Waals surface area contributed by atoms with E-state index < -0.39 is 0 Å². The van der Waals surface area contributed by atoms with Crippen molar-refractivity contribution in [3.05, 3.63) is 65.7 Å². The first-order chi connectivity index (χ1) is 13.1. The van der Waals surface area contributed by atoms with Crippen molar-refractivity contribution in [3.8, 4) is 0 Å². The number of amides is 1. The molecule has 0 aliphatic carbocycles. The topological polar surface area (TPSA) is 36.4 Å². The number of rotatable bonds is 4. The van der Waals surface area contributed by atoms with Crippen molar-refractivity contribution in [1.82, 2.24) is 14.8 Å². The fraction of sp³-hybridized carbons (Fsp3) is 0.455. The van der Waals surface area contributed by atoms with E-state index in [4.69, 9.17) is 0 Å². The van der Waals surface area contributed by atoms with E-state index in [9.17, 15) is 9.18 Å². The van der Waals surface area contributed by atoms with Gasteiger partial charge >= 0.3 is 0 Å². The van der Waals surface area contributed by atoms with Crippen LogP contribution in [0.1, 0.15) is 43.2 Å². The van der Waals surface area contributed by atoms with Crippen LogP contribution >= 0.6 is 0 Å². The first-order valence-electron chi connectivity index (χ1n) is 9.81. The molecule has 1 aromatic heterocycles. The van der Waals surface area contributed by atoms with Gasteiger partial charge < -0.3 is 4.90 Å². The third kappa shape index (κ3) is 4.03. The number of halogens is 1. The molecule has 0 bridgehead atoms. The van der Waals surface area contributed by atoms with Crippen molar-refractivity contribution < 1.29 is 9.18 Å². The van der Waals surface area contributed by atoms with Crippen LogP contribution in [0.3, 0.4) is 0 Å². The van der Waals surface area contributed by atoms with Crippen LogP contribution in [0.2, 0.25) is 0 Å². The summed E-state index contributed by atoms with van der Waals surface area (Å²) in [6, 6.07) is 10.6. The molecule has 2 aliphatic rings. The molecular weight excluding hydrogens is 341 g/mol. The molecule has 0 unspecified atom stereocenters. The average molecular weight is 367 g/mol. The minimum Gasteiger partial charge on any atom is -0.333 e. The lowest BCUT2D eigenvalue weighted by Gasteiger charge is -2.38. The second-order valence-electron chi connectivity index (χ2n) is 7.82. The molecule has 4 nitrogen and oxygen atoms in total. The van der Waals surface area contributed by atoms with Crippen molar-refractivity contribution in [3.63, 3.8) is 0 Å². The molecule has 0 N–H and O–H groups in total. The number of benzene rings is 1. The van der Waals surface area contributed by atoms with Gasteiger partial charge in [-0.05, 0) is 61.6 Å². The molecule has 1 aromatic carbocycles. The van der Waals surface area contributed by atoms with Crippen LogP contribution in [0.15, 0.2) is 48.8 Å². The van der Waals surface area contributed by atoms with E-state index >= 15 is 0 Å². The van der Waals surface area contributed by atoms with Crippen molar-refractivity contribution >= 4 is 5.91 Å². The summed E-state index contributed by atoms with van der Waals surface area (Å²) in [4.78, 5) is 21.4. The Morgan fingerprint density at radius 3 is 2.63 bits per heavy atom. The van der Waals surface area contributed by atoms with Crippen molar-refractivity contribution in [2.75, 3.05) is 13.1 Å². The number of pyridine rings is 1. The Labute approximate surface area is 160 Å². The van der Waals surface area contributed by atoms with Gasteiger partial charge in [-0.1, -0.05) is 18.2 Å².